The van der Waals surface area contributed by atoms with E-state index in [1.807, 2.05) is 37.5 Å². The molecule has 0 aliphatic heterocycles. The van der Waals surface area contributed by atoms with Crippen molar-refractivity contribution in [2.75, 3.05) is 20.8 Å². The van der Waals surface area contributed by atoms with Gasteiger partial charge in [0, 0.05) is 10.9 Å². The van der Waals surface area contributed by atoms with Gasteiger partial charge in [0.05, 0.1) is 54.8 Å². The molecule has 3 heterocycles. The van der Waals surface area contributed by atoms with Crippen LogP contribution in [-0.2, 0) is 11.3 Å². The van der Waals surface area contributed by atoms with E-state index in [2.05, 4.69) is 25.2 Å². The van der Waals surface area contributed by atoms with Gasteiger partial charge in [0.25, 0.3) is 0 Å². The van der Waals surface area contributed by atoms with Crippen molar-refractivity contribution in [2.24, 2.45) is 0 Å². The second kappa shape index (κ2) is 8.79. The van der Waals surface area contributed by atoms with Crippen LogP contribution in [0.5, 0.6) is 5.75 Å². The number of nitrogens with one attached hydrogen (secondary N) is 1. The summed E-state index contributed by atoms with van der Waals surface area (Å²) in [5.74, 6) is 2.01. The summed E-state index contributed by atoms with van der Waals surface area (Å²) in [4.78, 5) is 9.29. The molecule has 0 aliphatic carbocycles. The highest BCUT2D eigenvalue weighted by atomic mass is 19.3. The first-order valence-corrected chi connectivity index (χ1v) is 10.2. The van der Waals surface area contributed by atoms with Crippen molar-refractivity contribution in [3.8, 4) is 16.9 Å². The topological polar surface area (TPSA) is 87.2 Å². The maximum Gasteiger partial charge on any atom is 0.345 e. The average molecular weight is 445 g/mol. The Morgan fingerprint density at radius 1 is 1.22 bits per heavy atom. The number of ether oxygens (including phenoxy) is 2. The number of imidazole rings is 1. The Hall–Kier alpha value is -3.11. The Labute approximate surface area is 183 Å². The predicted octanol–water partition coefficient (Wildman–Crippen LogP) is 4.38. The van der Waals surface area contributed by atoms with Crippen LogP contribution in [0, 0.1) is 13.8 Å². The fourth-order valence-corrected chi connectivity index (χ4v) is 4.13. The van der Waals surface area contributed by atoms with Gasteiger partial charge >= 0.3 is 6.61 Å². The summed E-state index contributed by atoms with van der Waals surface area (Å²) in [7, 11) is 3.40. The van der Waals surface area contributed by atoms with Crippen LogP contribution >= 0.6 is 0 Å². The number of methoxy groups -OCH3 is 1. The van der Waals surface area contributed by atoms with Crippen LogP contribution in [0.2, 0.25) is 0 Å². The first-order chi connectivity index (χ1) is 15.3. The van der Waals surface area contributed by atoms with Crippen molar-refractivity contribution in [3.63, 3.8) is 0 Å². The van der Waals surface area contributed by atoms with E-state index >= 15 is 0 Å². The molecule has 3 aromatic heterocycles. The van der Waals surface area contributed by atoms with Crippen LogP contribution < -0.4 is 10.1 Å². The third-order valence-corrected chi connectivity index (χ3v) is 5.45. The van der Waals surface area contributed by atoms with E-state index in [4.69, 9.17) is 9.26 Å². The lowest BCUT2D eigenvalue weighted by atomic mass is 10.0. The number of halogens is 2. The van der Waals surface area contributed by atoms with Gasteiger partial charge in [-0.05, 0) is 40.0 Å². The van der Waals surface area contributed by atoms with Crippen molar-refractivity contribution < 1.29 is 22.8 Å². The highest BCUT2D eigenvalue weighted by Crippen LogP contribution is 2.39. The molecule has 10 heteroatoms. The summed E-state index contributed by atoms with van der Waals surface area (Å²) in [6.07, 6.45) is 1.69. The first-order valence-electron chi connectivity index (χ1n) is 10.2. The Bertz CT molecular complexity index is 1250. The number of pyridine rings is 1. The smallest absolute Gasteiger partial charge is 0.345 e. The molecule has 1 aromatic carbocycles. The molecule has 8 nitrogen and oxygen atoms in total. The standard InChI is InChI=1S/C22H25F2N5O3/c1-11(10-31-22(23)24)29-19(9-25-4)27-17-8-26-16-6-15(20-12(2)28-32-13(20)3)18(30-5)7-14(16)21(17)29/h6-8,11,22,25H,9-10H2,1-5H3. The fraction of sp³-hybridized carbons (Fsp3) is 0.409. The lowest BCUT2D eigenvalue weighted by molar-refractivity contribution is -0.135. The number of rotatable bonds is 8. The van der Waals surface area contributed by atoms with Gasteiger partial charge in [-0.25, -0.2) is 4.98 Å². The molecule has 0 bridgehead atoms. The number of hydrogen-bond donors (Lipinski definition) is 1. The molecule has 1 N–H and O–H groups in total. The molecule has 0 saturated heterocycles. The molecule has 170 valence electrons. The fourth-order valence-electron chi connectivity index (χ4n) is 4.13. The van der Waals surface area contributed by atoms with Crippen molar-refractivity contribution >= 4 is 21.9 Å². The summed E-state index contributed by atoms with van der Waals surface area (Å²) in [5.41, 5.74) is 4.59. The Morgan fingerprint density at radius 2 is 2.00 bits per heavy atom. The molecule has 4 rings (SSSR count). The van der Waals surface area contributed by atoms with Gasteiger partial charge in [-0.1, -0.05) is 5.16 Å². The average Bonchev–Trinajstić information content (AvgIpc) is 3.30. The number of aromatic nitrogens is 4. The first kappa shape index (κ1) is 22.1. The SMILES string of the molecule is CNCc1nc2cnc3cc(-c4c(C)noc4C)c(OC)cc3c2n1C(C)COC(F)F. The molecule has 0 amide bonds. The summed E-state index contributed by atoms with van der Waals surface area (Å²) in [5, 5.41) is 7.93. The van der Waals surface area contributed by atoms with E-state index in [0.717, 1.165) is 27.7 Å². The maximum atomic E-state index is 12.7. The third-order valence-electron chi connectivity index (χ3n) is 5.45. The number of alkyl halides is 2. The number of benzene rings is 1. The highest BCUT2D eigenvalue weighted by Gasteiger charge is 2.22. The van der Waals surface area contributed by atoms with Gasteiger partial charge in [-0.2, -0.15) is 8.78 Å². The van der Waals surface area contributed by atoms with E-state index in [9.17, 15) is 8.78 Å². The highest BCUT2D eigenvalue weighted by molar-refractivity contribution is 6.05. The summed E-state index contributed by atoms with van der Waals surface area (Å²) >= 11 is 0. The molecular formula is C22H25F2N5O3. The Morgan fingerprint density at radius 3 is 2.62 bits per heavy atom. The van der Waals surface area contributed by atoms with Gasteiger partial charge in [0.2, 0.25) is 0 Å². The number of fused-ring (bicyclic) bond motifs is 3. The van der Waals surface area contributed by atoms with Crippen molar-refractivity contribution in [3.05, 3.63) is 35.6 Å². The minimum atomic E-state index is -2.84. The van der Waals surface area contributed by atoms with Crippen LogP contribution in [0.15, 0.2) is 22.9 Å². The van der Waals surface area contributed by atoms with Crippen LogP contribution in [0.3, 0.4) is 0 Å². The molecule has 1 unspecified atom stereocenters. The van der Waals surface area contributed by atoms with E-state index < -0.39 is 6.61 Å². The van der Waals surface area contributed by atoms with Gasteiger partial charge in [0.15, 0.2) is 0 Å². The predicted molar refractivity (Wildman–Crippen MR) is 116 cm³/mol. The lowest BCUT2D eigenvalue weighted by Crippen LogP contribution is -2.19. The van der Waals surface area contributed by atoms with Gasteiger partial charge in [0.1, 0.15) is 22.9 Å². The minimum absolute atomic E-state index is 0.155. The summed E-state index contributed by atoms with van der Waals surface area (Å²) in [6, 6.07) is 3.44. The van der Waals surface area contributed by atoms with Crippen molar-refractivity contribution in [1.29, 1.82) is 0 Å². The van der Waals surface area contributed by atoms with Crippen LogP contribution in [0.1, 0.15) is 30.2 Å². The van der Waals surface area contributed by atoms with E-state index in [0.29, 0.717) is 34.9 Å². The molecule has 4 aromatic rings. The molecule has 0 radical (unpaired) electrons. The molecular weight excluding hydrogens is 420 g/mol. The minimum Gasteiger partial charge on any atom is -0.496 e. The van der Waals surface area contributed by atoms with Crippen LogP contribution in [0.4, 0.5) is 8.78 Å². The molecule has 1 atom stereocenters. The van der Waals surface area contributed by atoms with E-state index in [-0.39, 0.29) is 12.6 Å². The van der Waals surface area contributed by atoms with E-state index in [1.165, 1.54) is 0 Å². The Balaban J connectivity index is 1.98. The largest absolute Gasteiger partial charge is 0.496 e. The third kappa shape index (κ3) is 3.80. The van der Waals surface area contributed by atoms with Crippen LogP contribution in [-0.4, -0.2) is 47.1 Å². The quantitative estimate of drug-likeness (QED) is 0.431. The molecule has 0 saturated carbocycles. The normalized spacial score (nSPS) is 12.9. The summed E-state index contributed by atoms with van der Waals surface area (Å²) < 4.78 is 43.0. The Kier molecular flexibility index (Phi) is 6.07. The number of hydrogen-bond acceptors (Lipinski definition) is 7. The van der Waals surface area contributed by atoms with Gasteiger partial charge in [-0.15, -0.1) is 0 Å². The van der Waals surface area contributed by atoms with Crippen LogP contribution in [0.25, 0.3) is 33.1 Å². The number of aryl methyl sites for hydroxylation is 2. The van der Waals surface area contributed by atoms with Crippen molar-refractivity contribution in [1.82, 2.24) is 25.0 Å². The monoisotopic (exact) mass is 445 g/mol. The molecule has 0 spiro atoms. The lowest BCUT2D eigenvalue weighted by Gasteiger charge is -2.19. The second-order valence-electron chi connectivity index (χ2n) is 7.63. The zero-order chi connectivity index (χ0) is 23.0. The maximum absolute atomic E-state index is 12.7. The second-order valence-corrected chi connectivity index (χ2v) is 7.63. The molecule has 0 aliphatic rings. The summed E-state index contributed by atoms with van der Waals surface area (Å²) in [6.45, 7) is 3.01. The van der Waals surface area contributed by atoms with Gasteiger partial charge < -0.3 is 23.9 Å². The molecule has 32 heavy (non-hydrogen) atoms. The van der Waals surface area contributed by atoms with E-state index in [1.54, 1.807) is 20.4 Å². The van der Waals surface area contributed by atoms with Gasteiger partial charge in [-0.3, -0.25) is 4.98 Å². The van der Waals surface area contributed by atoms with Crippen molar-refractivity contribution in [2.45, 2.75) is 40.0 Å². The molecule has 0 fully saturated rings. The zero-order valence-electron chi connectivity index (χ0n) is 18.6. The number of nitrogens with zero attached hydrogens (tertiary/aromatic N) is 4. The zero-order valence-corrected chi connectivity index (χ0v) is 18.6.